The molecule has 13 heavy (non-hydrogen) atoms. The molecule has 0 aliphatic carbocycles. The molecule has 0 bridgehead atoms. The average Bonchev–Trinajstić information content (AvgIpc) is 2.18. The smallest absolute Gasteiger partial charge is 0.228 e. The van der Waals surface area contributed by atoms with Gasteiger partial charge in [-0.3, -0.25) is 4.79 Å². The Morgan fingerprint density at radius 3 is 3.08 bits per heavy atom. The maximum atomic E-state index is 11.6. The minimum absolute atomic E-state index is 0.0205. The zero-order chi connectivity index (χ0) is 9.68. The number of amides is 1. The van der Waals surface area contributed by atoms with E-state index in [0.717, 1.165) is 19.4 Å². The molecule has 1 saturated heterocycles. The first-order valence-corrected chi connectivity index (χ1v) is 4.52. The van der Waals surface area contributed by atoms with Crippen molar-refractivity contribution in [3.8, 4) is 12.3 Å². The van der Waals surface area contributed by atoms with Gasteiger partial charge in [0.05, 0.1) is 19.1 Å². The van der Waals surface area contributed by atoms with Gasteiger partial charge in [0.2, 0.25) is 5.91 Å². The van der Waals surface area contributed by atoms with E-state index in [4.69, 9.17) is 11.2 Å². The van der Waals surface area contributed by atoms with Gasteiger partial charge in [-0.05, 0) is 12.8 Å². The molecular formula is C10H15NO2. The van der Waals surface area contributed by atoms with Crippen LogP contribution in [0.2, 0.25) is 0 Å². The molecule has 3 heteroatoms. The van der Waals surface area contributed by atoms with Crippen molar-refractivity contribution in [2.45, 2.75) is 12.8 Å². The molecule has 0 aromatic carbocycles. The predicted molar refractivity (Wildman–Crippen MR) is 50.0 cm³/mol. The van der Waals surface area contributed by atoms with Crippen LogP contribution in [0, 0.1) is 18.3 Å². The lowest BCUT2D eigenvalue weighted by atomic mass is 10.0. The molecule has 0 saturated carbocycles. The van der Waals surface area contributed by atoms with Gasteiger partial charge in [0.1, 0.15) is 0 Å². The van der Waals surface area contributed by atoms with E-state index in [1.807, 2.05) is 0 Å². The fourth-order valence-electron chi connectivity index (χ4n) is 1.46. The van der Waals surface area contributed by atoms with Crippen molar-refractivity contribution in [1.29, 1.82) is 0 Å². The third-order valence-electron chi connectivity index (χ3n) is 2.21. The van der Waals surface area contributed by atoms with E-state index < -0.39 is 0 Å². The van der Waals surface area contributed by atoms with Crippen LogP contribution >= 0.6 is 0 Å². The summed E-state index contributed by atoms with van der Waals surface area (Å²) in [6.07, 6.45) is 7.02. The zero-order valence-corrected chi connectivity index (χ0v) is 7.95. The summed E-state index contributed by atoms with van der Waals surface area (Å²) in [6.45, 7) is 1.71. The highest BCUT2D eigenvalue weighted by Crippen LogP contribution is 2.15. The molecule has 0 spiro atoms. The summed E-state index contributed by atoms with van der Waals surface area (Å²) in [5.41, 5.74) is 0. The Kier molecular flexibility index (Phi) is 3.78. The second-order valence-electron chi connectivity index (χ2n) is 3.31. The molecule has 1 heterocycles. The Balaban J connectivity index is 2.41. The highest BCUT2D eigenvalue weighted by molar-refractivity contribution is 5.79. The summed E-state index contributed by atoms with van der Waals surface area (Å²) in [7, 11) is 1.73. The standard InChI is InChI=1S/C10H15NO2/c1-3-6-11(2)10(12)9-5-4-7-13-8-9/h1,9H,4-8H2,2H3. The summed E-state index contributed by atoms with van der Waals surface area (Å²) in [6, 6.07) is 0. The predicted octanol–water partition coefficient (Wildman–Crippen LogP) is 0.505. The van der Waals surface area contributed by atoms with Crippen molar-refractivity contribution in [2.75, 3.05) is 26.8 Å². The molecule has 72 valence electrons. The molecular weight excluding hydrogens is 166 g/mol. The van der Waals surface area contributed by atoms with E-state index in [-0.39, 0.29) is 11.8 Å². The fourth-order valence-corrected chi connectivity index (χ4v) is 1.46. The summed E-state index contributed by atoms with van der Waals surface area (Å²) in [5, 5.41) is 0. The lowest BCUT2D eigenvalue weighted by Gasteiger charge is -2.25. The van der Waals surface area contributed by atoms with Crippen LogP contribution in [0.5, 0.6) is 0 Å². The molecule has 3 nitrogen and oxygen atoms in total. The Bertz CT molecular complexity index is 213. The molecule has 1 aliphatic heterocycles. The molecule has 0 aromatic heterocycles. The quantitative estimate of drug-likeness (QED) is 0.581. The van der Waals surface area contributed by atoms with Crippen LogP contribution in [-0.2, 0) is 9.53 Å². The Labute approximate surface area is 79.1 Å². The van der Waals surface area contributed by atoms with Crippen LogP contribution in [-0.4, -0.2) is 37.6 Å². The van der Waals surface area contributed by atoms with E-state index in [9.17, 15) is 4.79 Å². The minimum atomic E-state index is 0.0205. The van der Waals surface area contributed by atoms with E-state index in [1.165, 1.54) is 0 Å². The Morgan fingerprint density at radius 1 is 1.77 bits per heavy atom. The van der Waals surface area contributed by atoms with E-state index >= 15 is 0 Å². The third-order valence-corrected chi connectivity index (χ3v) is 2.21. The second-order valence-corrected chi connectivity index (χ2v) is 3.31. The van der Waals surface area contributed by atoms with Gasteiger partial charge in [-0.15, -0.1) is 6.42 Å². The van der Waals surface area contributed by atoms with Crippen molar-refractivity contribution < 1.29 is 9.53 Å². The van der Waals surface area contributed by atoms with E-state index in [1.54, 1.807) is 11.9 Å². The average molecular weight is 181 g/mol. The molecule has 1 aliphatic rings. The molecule has 0 N–H and O–H groups in total. The van der Waals surface area contributed by atoms with Crippen LogP contribution in [0.15, 0.2) is 0 Å². The number of nitrogens with zero attached hydrogens (tertiary/aromatic N) is 1. The molecule has 1 unspecified atom stereocenters. The van der Waals surface area contributed by atoms with Gasteiger partial charge in [0, 0.05) is 13.7 Å². The van der Waals surface area contributed by atoms with Crippen molar-refractivity contribution in [3.63, 3.8) is 0 Å². The molecule has 1 amide bonds. The maximum Gasteiger partial charge on any atom is 0.228 e. The van der Waals surface area contributed by atoms with Crippen LogP contribution in [0.3, 0.4) is 0 Å². The van der Waals surface area contributed by atoms with E-state index in [2.05, 4.69) is 5.92 Å². The van der Waals surface area contributed by atoms with Crippen molar-refractivity contribution in [1.82, 2.24) is 4.90 Å². The Hall–Kier alpha value is -1.01. The molecule has 0 aromatic rings. The Morgan fingerprint density at radius 2 is 2.54 bits per heavy atom. The van der Waals surface area contributed by atoms with Gasteiger partial charge in [-0.1, -0.05) is 5.92 Å². The number of rotatable bonds is 2. The third kappa shape index (κ3) is 2.74. The number of carbonyl (C=O) groups is 1. The SMILES string of the molecule is C#CCN(C)C(=O)C1CCCOC1. The highest BCUT2D eigenvalue weighted by Gasteiger charge is 2.23. The fraction of sp³-hybridized carbons (Fsp3) is 0.700. The van der Waals surface area contributed by atoms with E-state index in [0.29, 0.717) is 13.2 Å². The lowest BCUT2D eigenvalue weighted by Crippen LogP contribution is -2.37. The van der Waals surface area contributed by atoms with Gasteiger partial charge in [-0.25, -0.2) is 0 Å². The van der Waals surface area contributed by atoms with Crippen LogP contribution in [0.25, 0.3) is 0 Å². The van der Waals surface area contributed by atoms with Gasteiger partial charge < -0.3 is 9.64 Å². The van der Waals surface area contributed by atoms with Gasteiger partial charge in [-0.2, -0.15) is 0 Å². The minimum Gasteiger partial charge on any atom is -0.381 e. The number of hydrogen-bond donors (Lipinski definition) is 0. The monoisotopic (exact) mass is 181 g/mol. The number of ether oxygens (including phenoxy) is 1. The van der Waals surface area contributed by atoms with Crippen molar-refractivity contribution in [3.05, 3.63) is 0 Å². The lowest BCUT2D eigenvalue weighted by molar-refractivity contribution is -0.137. The maximum absolute atomic E-state index is 11.6. The molecule has 1 fully saturated rings. The molecule has 1 atom stereocenters. The summed E-state index contributed by atoms with van der Waals surface area (Å²) in [4.78, 5) is 13.2. The molecule has 0 radical (unpaired) electrons. The van der Waals surface area contributed by atoms with Gasteiger partial charge in [0.25, 0.3) is 0 Å². The summed E-state index contributed by atoms with van der Waals surface area (Å²) >= 11 is 0. The normalized spacial score (nSPS) is 22.0. The number of carbonyl (C=O) groups excluding carboxylic acids is 1. The van der Waals surface area contributed by atoms with Crippen molar-refractivity contribution >= 4 is 5.91 Å². The second kappa shape index (κ2) is 4.88. The number of terminal acetylenes is 1. The van der Waals surface area contributed by atoms with Gasteiger partial charge >= 0.3 is 0 Å². The first-order chi connectivity index (χ1) is 6.25. The van der Waals surface area contributed by atoms with Crippen LogP contribution < -0.4 is 0 Å². The molecule has 1 rings (SSSR count). The van der Waals surface area contributed by atoms with Crippen molar-refractivity contribution in [2.24, 2.45) is 5.92 Å². The summed E-state index contributed by atoms with van der Waals surface area (Å²) < 4.78 is 5.23. The highest BCUT2D eigenvalue weighted by atomic mass is 16.5. The van der Waals surface area contributed by atoms with Gasteiger partial charge in [0.15, 0.2) is 0 Å². The summed E-state index contributed by atoms with van der Waals surface area (Å²) in [5.74, 6) is 2.58. The van der Waals surface area contributed by atoms with Crippen LogP contribution in [0.4, 0.5) is 0 Å². The van der Waals surface area contributed by atoms with Crippen LogP contribution in [0.1, 0.15) is 12.8 Å². The largest absolute Gasteiger partial charge is 0.381 e. The zero-order valence-electron chi connectivity index (χ0n) is 7.95. The topological polar surface area (TPSA) is 29.5 Å². The first kappa shape index (κ1) is 10.1. The first-order valence-electron chi connectivity index (χ1n) is 4.52. The number of hydrogen-bond acceptors (Lipinski definition) is 2.